The molecule has 0 heterocycles. The summed E-state index contributed by atoms with van der Waals surface area (Å²) in [4.78, 5) is 14.1. The fraction of sp³-hybridized carbons (Fsp3) is 0.250. The number of nitrogens with one attached hydrogen (secondary N) is 1. The minimum absolute atomic E-state index is 0.0800. The third-order valence-electron chi connectivity index (χ3n) is 1.03. The zero-order valence-corrected chi connectivity index (χ0v) is 6.63. The zero-order chi connectivity index (χ0) is 8.69. The lowest BCUT2D eigenvalue weighted by atomic mass is 10.4. The van der Waals surface area contributed by atoms with Crippen molar-refractivity contribution in [3.63, 3.8) is 0 Å². The quantitative estimate of drug-likeness (QED) is 0.472. The molecule has 0 aliphatic rings. The van der Waals surface area contributed by atoms with E-state index in [0.29, 0.717) is 12.2 Å². The molecule has 0 saturated carbocycles. The molecule has 0 bridgehead atoms. The van der Waals surface area contributed by atoms with Gasteiger partial charge < -0.3 is 5.32 Å². The largest absolute Gasteiger partial charge is 0.351 e. The SMILES string of the molecule is C=C/C=C(/CNC(C)=O)N=C. The van der Waals surface area contributed by atoms with E-state index in [4.69, 9.17) is 0 Å². The molecular weight excluding hydrogens is 140 g/mol. The third kappa shape index (κ3) is 5.08. The average Bonchev–Trinajstić information content (AvgIpc) is 1.97. The van der Waals surface area contributed by atoms with Gasteiger partial charge in [-0.25, -0.2) is 0 Å². The standard InChI is InChI=1S/C8H12N2O/c1-4-5-8(9-3)6-10-7(2)11/h4-5H,1,3,6H2,2H3,(H,10,11)/b8-5-. The van der Waals surface area contributed by atoms with Gasteiger partial charge in [-0.1, -0.05) is 12.7 Å². The van der Waals surface area contributed by atoms with Gasteiger partial charge in [-0.15, -0.1) is 0 Å². The van der Waals surface area contributed by atoms with Crippen molar-refractivity contribution >= 4 is 12.6 Å². The molecule has 60 valence electrons. The Morgan fingerprint density at radius 1 is 1.73 bits per heavy atom. The summed E-state index contributed by atoms with van der Waals surface area (Å²) >= 11 is 0. The van der Waals surface area contributed by atoms with E-state index in [1.165, 1.54) is 6.92 Å². The molecule has 0 rings (SSSR count). The Bertz CT molecular complexity index is 194. The molecule has 3 heteroatoms. The van der Waals surface area contributed by atoms with Crippen LogP contribution in [-0.4, -0.2) is 19.2 Å². The van der Waals surface area contributed by atoms with Crippen molar-refractivity contribution in [2.24, 2.45) is 4.99 Å². The molecule has 0 spiro atoms. The Hall–Kier alpha value is -1.38. The molecule has 0 aliphatic carbocycles. The Morgan fingerprint density at radius 2 is 2.36 bits per heavy atom. The van der Waals surface area contributed by atoms with Crippen molar-refractivity contribution in [2.45, 2.75) is 6.92 Å². The van der Waals surface area contributed by atoms with Crippen LogP contribution in [0.25, 0.3) is 0 Å². The maximum Gasteiger partial charge on any atom is 0.217 e. The lowest BCUT2D eigenvalue weighted by molar-refractivity contribution is -0.118. The summed E-state index contributed by atoms with van der Waals surface area (Å²) in [5, 5.41) is 2.59. The molecule has 0 unspecified atom stereocenters. The minimum Gasteiger partial charge on any atom is -0.351 e. The number of rotatable bonds is 4. The summed E-state index contributed by atoms with van der Waals surface area (Å²) in [6.07, 6.45) is 3.30. The first-order chi connectivity index (χ1) is 5.20. The number of nitrogens with zero attached hydrogens (tertiary/aromatic N) is 1. The molecule has 0 saturated heterocycles. The summed E-state index contributed by atoms with van der Waals surface area (Å²) in [5.41, 5.74) is 0.704. The van der Waals surface area contributed by atoms with E-state index >= 15 is 0 Å². The van der Waals surface area contributed by atoms with E-state index in [0.717, 1.165) is 0 Å². The van der Waals surface area contributed by atoms with Crippen LogP contribution in [0.15, 0.2) is 29.4 Å². The van der Waals surface area contributed by atoms with Crippen LogP contribution < -0.4 is 5.32 Å². The lowest BCUT2D eigenvalue weighted by Gasteiger charge is -1.99. The Morgan fingerprint density at radius 3 is 2.73 bits per heavy atom. The van der Waals surface area contributed by atoms with E-state index in [1.54, 1.807) is 12.2 Å². The maximum absolute atomic E-state index is 10.4. The van der Waals surface area contributed by atoms with Crippen molar-refractivity contribution in [1.82, 2.24) is 5.32 Å². The van der Waals surface area contributed by atoms with Gasteiger partial charge in [0.15, 0.2) is 0 Å². The third-order valence-corrected chi connectivity index (χ3v) is 1.03. The number of amides is 1. The summed E-state index contributed by atoms with van der Waals surface area (Å²) in [5.74, 6) is -0.0800. The highest BCUT2D eigenvalue weighted by Crippen LogP contribution is 1.92. The van der Waals surface area contributed by atoms with Gasteiger partial charge in [-0.2, -0.15) is 0 Å². The van der Waals surface area contributed by atoms with Crippen molar-refractivity contribution in [1.29, 1.82) is 0 Å². The second kappa shape index (κ2) is 5.41. The Kier molecular flexibility index (Phi) is 4.73. The van der Waals surface area contributed by atoms with Gasteiger partial charge in [0.05, 0.1) is 12.2 Å². The van der Waals surface area contributed by atoms with Crippen molar-refractivity contribution in [2.75, 3.05) is 6.54 Å². The summed E-state index contributed by atoms with van der Waals surface area (Å²) in [6, 6.07) is 0. The van der Waals surface area contributed by atoms with Crippen LogP contribution >= 0.6 is 0 Å². The van der Waals surface area contributed by atoms with Crippen molar-refractivity contribution in [3.05, 3.63) is 24.4 Å². The van der Waals surface area contributed by atoms with E-state index < -0.39 is 0 Å². The second-order valence-electron chi connectivity index (χ2n) is 1.96. The fourth-order valence-electron chi connectivity index (χ4n) is 0.519. The molecular formula is C8H12N2O. The van der Waals surface area contributed by atoms with Gasteiger partial charge in [0.1, 0.15) is 0 Å². The Labute approximate surface area is 66.5 Å². The minimum atomic E-state index is -0.0800. The maximum atomic E-state index is 10.4. The van der Waals surface area contributed by atoms with Crippen LogP contribution in [0.5, 0.6) is 0 Å². The number of hydrogen-bond acceptors (Lipinski definition) is 2. The van der Waals surface area contributed by atoms with Gasteiger partial charge >= 0.3 is 0 Å². The van der Waals surface area contributed by atoms with E-state index in [9.17, 15) is 4.79 Å². The van der Waals surface area contributed by atoms with Crippen molar-refractivity contribution in [3.8, 4) is 0 Å². The molecule has 1 N–H and O–H groups in total. The van der Waals surface area contributed by atoms with Crippen molar-refractivity contribution < 1.29 is 4.79 Å². The molecule has 0 aromatic rings. The number of carbonyl (C=O) groups is 1. The first-order valence-electron chi connectivity index (χ1n) is 3.23. The molecule has 3 nitrogen and oxygen atoms in total. The fourth-order valence-corrected chi connectivity index (χ4v) is 0.519. The molecule has 0 aliphatic heterocycles. The van der Waals surface area contributed by atoms with Gasteiger partial charge in [0.25, 0.3) is 0 Å². The molecule has 0 aromatic carbocycles. The van der Waals surface area contributed by atoms with Gasteiger partial charge in [0, 0.05) is 6.92 Å². The second-order valence-corrected chi connectivity index (χ2v) is 1.96. The van der Waals surface area contributed by atoms with Gasteiger partial charge in [0.2, 0.25) is 5.91 Å². The van der Waals surface area contributed by atoms with Crippen LogP contribution in [0.2, 0.25) is 0 Å². The van der Waals surface area contributed by atoms with Gasteiger partial charge in [-0.05, 0) is 12.8 Å². The highest BCUT2D eigenvalue weighted by atomic mass is 16.1. The predicted molar refractivity (Wildman–Crippen MR) is 46.5 cm³/mol. The number of aliphatic imine (C=N–C) groups is 1. The molecule has 0 aromatic heterocycles. The van der Waals surface area contributed by atoms with Crippen LogP contribution in [0.1, 0.15) is 6.92 Å². The van der Waals surface area contributed by atoms with Crippen LogP contribution in [0.3, 0.4) is 0 Å². The monoisotopic (exact) mass is 152 g/mol. The molecule has 11 heavy (non-hydrogen) atoms. The Balaban J connectivity index is 3.88. The molecule has 0 fully saturated rings. The zero-order valence-electron chi connectivity index (χ0n) is 6.63. The van der Waals surface area contributed by atoms with Gasteiger partial charge in [-0.3, -0.25) is 9.79 Å². The van der Waals surface area contributed by atoms with Crippen LogP contribution in [0, 0.1) is 0 Å². The normalized spacial score (nSPS) is 10.5. The van der Waals surface area contributed by atoms with E-state index in [2.05, 4.69) is 23.6 Å². The summed E-state index contributed by atoms with van der Waals surface area (Å²) < 4.78 is 0. The number of allylic oxidation sites excluding steroid dienone is 2. The summed E-state index contributed by atoms with van der Waals surface area (Å²) in [6.45, 7) is 8.70. The topological polar surface area (TPSA) is 41.5 Å². The molecule has 0 atom stereocenters. The average molecular weight is 152 g/mol. The molecule has 0 radical (unpaired) electrons. The molecule has 1 amide bonds. The van der Waals surface area contributed by atoms with E-state index in [1.807, 2.05) is 0 Å². The predicted octanol–water partition coefficient (Wildman–Crippen LogP) is 0.893. The lowest BCUT2D eigenvalue weighted by Crippen LogP contribution is -2.21. The first-order valence-corrected chi connectivity index (χ1v) is 3.23. The smallest absolute Gasteiger partial charge is 0.217 e. The highest BCUT2D eigenvalue weighted by molar-refractivity contribution is 5.73. The number of hydrogen-bond donors (Lipinski definition) is 1. The van der Waals surface area contributed by atoms with Crippen LogP contribution in [-0.2, 0) is 4.79 Å². The van der Waals surface area contributed by atoms with E-state index in [-0.39, 0.29) is 5.91 Å². The highest BCUT2D eigenvalue weighted by Gasteiger charge is 1.92. The first kappa shape index (κ1) is 9.62. The van der Waals surface area contributed by atoms with Crippen LogP contribution in [0.4, 0.5) is 0 Å². The number of carbonyl (C=O) groups excluding carboxylic acids is 1. The summed E-state index contributed by atoms with van der Waals surface area (Å²) in [7, 11) is 0.